The SMILES string of the molecule is C[C@@H]1O[C@]1(C)C(=O)C1=NNC[C@@H]1c1ccc(Cl)cc1. The highest BCUT2D eigenvalue weighted by Gasteiger charge is 2.57. The number of Topliss-reactive ketones (excluding diaryl/α,β-unsaturated/α-hetero) is 1. The van der Waals surface area contributed by atoms with Gasteiger partial charge in [-0.15, -0.1) is 0 Å². The molecular formula is C14H15ClN2O2. The minimum atomic E-state index is -0.699. The molecule has 0 spiro atoms. The van der Waals surface area contributed by atoms with Gasteiger partial charge in [-0.2, -0.15) is 5.10 Å². The lowest BCUT2D eigenvalue weighted by Crippen LogP contribution is -2.33. The predicted molar refractivity (Wildman–Crippen MR) is 73.6 cm³/mol. The standard InChI is InChI=1S/C14H15ClN2O2/c1-8-14(2,19-8)13(18)12-11(7-16-17-12)9-3-5-10(15)6-4-9/h3-6,8,11,16H,7H2,1-2H3/t8-,11+,14-/m0/s1. The maximum absolute atomic E-state index is 12.5. The molecule has 0 bridgehead atoms. The van der Waals surface area contributed by atoms with Crippen molar-refractivity contribution in [1.29, 1.82) is 0 Å². The van der Waals surface area contributed by atoms with Gasteiger partial charge in [-0.1, -0.05) is 23.7 Å². The molecule has 1 N–H and O–H groups in total. The maximum atomic E-state index is 12.5. The Morgan fingerprint density at radius 3 is 2.68 bits per heavy atom. The van der Waals surface area contributed by atoms with E-state index in [2.05, 4.69) is 10.5 Å². The van der Waals surface area contributed by atoms with E-state index in [0.29, 0.717) is 17.3 Å². The average Bonchev–Trinajstić information content (AvgIpc) is 2.82. The van der Waals surface area contributed by atoms with Crippen LogP contribution in [0.25, 0.3) is 0 Å². The molecule has 2 heterocycles. The summed E-state index contributed by atoms with van der Waals surface area (Å²) in [5.74, 6) is -0.0528. The lowest BCUT2D eigenvalue weighted by Gasteiger charge is -2.13. The normalized spacial score (nSPS) is 32.7. The quantitative estimate of drug-likeness (QED) is 0.862. The topological polar surface area (TPSA) is 54.0 Å². The lowest BCUT2D eigenvalue weighted by atomic mass is 9.87. The molecule has 1 aromatic rings. The Balaban J connectivity index is 1.86. The fourth-order valence-electron chi connectivity index (χ4n) is 2.40. The molecule has 100 valence electrons. The number of ketones is 1. The summed E-state index contributed by atoms with van der Waals surface area (Å²) in [6.45, 7) is 4.35. The van der Waals surface area contributed by atoms with Gasteiger partial charge in [0.1, 0.15) is 5.71 Å². The summed E-state index contributed by atoms with van der Waals surface area (Å²) < 4.78 is 5.40. The highest BCUT2D eigenvalue weighted by molar-refractivity contribution is 6.45. The van der Waals surface area contributed by atoms with Crippen LogP contribution in [0.15, 0.2) is 29.4 Å². The van der Waals surface area contributed by atoms with Crippen LogP contribution in [0.5, 0.6) is 0 Å². The number of nitrogens with zero attached hydrogens (tertiary/aromatic N) is 1. The summed E-state index contributed by atoms with van der Waals surface area (Å²) in [5.41, 5.74) is 3.80. The van der Waals surface area contributed by atoms with Crippen LogP contribution in [-0.4, -0.2) is 29.7 Å². The number of ether oxygens (including phenoxy) is 1. The molecule has 1 fully saturated rings. The summed E-state index contributed by atoms with van der Waals surface area (Å²) in [6.07, 6.45) is -0.0332. The van der Waals surface area contributed by atoms with Gasteiger partial charge in [0.2, 0.25) is 5.78 Å². The van der Waals surface area contributed by atoms with Crippen molar-refractivity contribution in [3.8, 4) is 0 Å². The zero-order valence-electron chi connectivity index (χ0n) is 10.8. The monoisotopic (exact) mass is 278 g/mol. The van der Waals surface area contributed by atoms with Crippen molar-refractivity contribution in [2.24, 2.45) is 5.10 Å². The van der Waals surface area contributed by atoms with E-state index < -0.39 is 5.60 Å². The number of carbonyl (C=O) groups excluding carboxylic acids is 1. The van der Waals surface area contributed by atoms with E-state index in [9.17, 15) is 4.79 Å². The van der Waals surface area contributed by atoms with Gasteiger partial charge >= 0.3 is 0 Å². The van der Waals surface area contributed by atoms with Gasteiger partial charge in [0.15, 0.2) is 5.60 Å². The minimum absolute atomic E-state index is 0.0232. The van der Waals surface area contributed by atoms with E-state index >= 15 is 0 Å². The molecule has 0 saturated carbocycles. The lowest BCUT2D eigenvalue weighted by molar-refractivity contribution is -0.117. The number of halogens is 1. The molecule has 5 heteroatoms. The number of carbonyl (C=O) groups is 1. The molecule has 19 heavy (non-hydrogen) atoms. The van der Waals surface area contributed by atoms with Crippen LogP contribution in [0, 0.1) is 0 Å². The maximum Gasteiger partial charge on any atom is 0.213 e. The van der Waals surface area contributed by atoms with Crippen LogP contribution in [0.3, 0.4) is 0 Å². The molecule has 0 radical (unpaired) electrons. The van der Waals surface area contributed by atoms with Gasteiger partial charge in [-0.05, 0) is 31.5 Å². The van der Waals surface area contributed by atoms with Crippen molar-refractivity contribution < 1.29 is 9.53 Å². The molecule has 0 amide bonds. The Bertz CT molecular complexity index is 555. The molecule has 2 aliphatic rings. The van der Waals surface area contributed by atoms with Gasteiger partial charge in [-0.3, -0.25) is 4.79 Å². The molecule has 1 saturated heterocycles. The highest BCUT2D eigenvalue weighted by atomic mass is 35.5. The second-order valence-corrected chi connectivity index (χ2v) is 5.60. The number of hydrogen-bond acceptors (Lipinski definition) is 4. The van der Waals surface area contributed by atoms with Crippen LogP contribution in [0.1, 0.15) is 25.3 Å². The molecular weight excluding hydrogens is 264 g/mol. The smallest absolute Gasteiger partial charge is 0.213 e. The summed E-state index contributed by atoms with van der Waals surface area (Å²) in [7, 11) is 0. The van der Waals surface area contributed by atoms with E-state index in [1.54, 1.807) is 0 Å². The van der Waals surface area contributed by atoms with E-state index in [4.69, 9.17) is 16.3 Å². The van der Waals surface area contributed by atoms with Crippen molar-refractivity contribution in [3.05, 3.63) is 34.9 Å². The summed E-state index contributed by atoms with van der Waals surface area (Å²) in [4.78, 5) is 12.5. The summed E-state index contributed by atoms with van der Waals surface area (Å²) in [5, 5.41) is 4.85. The second kappa shape index (κ2) is 4.32. The minimum Gasteiger partial charge on any atom is -0.358 e. The van der Waals surface area contributed by atoms with Crippen molar-refractivity contribution in [2.75, 3.05) is 6.54 Å². The molecule has 3 atom stereocenters. The highest BCUT2D eigenvalue weighted by Crippen LogP contribution is 2.39. The molecule has 4 nitrogen and oxygen atoms in total. The van der Waals surface area contributed by atoms with Gasteiger partial charge < -0.3 is 10.2 Å². The Morgan fingerprint density at radius 1 is 1.47 bits per heavy atom. The van der Waals surface area contributed by atoms with Crippen LogP contribution in [0.2, 0.25) is 5.02 Å². The number of benzene rings is 1. The summed E-state index contributed by atoms with van der Waals surface area (Å²) in [6, 6.07) is 7.52. The van der Waals surface area contributed by atoms with Crippen molar-refractivity contribution >= 4 is 23.1 Å². The van der Waals surface area contributed by atoms with E-state index in [1.807, 2.05) is 38.1 Å². The van der Waals surface area contributed by atoms with Crippen LogP contribution < -0.4 is 5.43 Å². The first-order valence-corrected chi connectivity index (χ1v) is 6.68. The molecule has 0 unspecified atom stereocenters. The van der Waals surface area contributed by atoms with E-state index in [-0.39, 0.29) is 17.8 Å². The molecule has 2 aliphatic heterocycles. The van der Waals surface area contributed by atoms with Crippen molar-refractivity contribution in [3.63, 3.8) is 0 Å². The van der Waals surface area contributed by atoms with Crippen LogP contribution >= 0.6 is 11.6 Å². The zero-order chi connectivity index (χ0) is 13.6. The third-order valence-corrected chi connectivity index (χ3v) is 4.17. The zero-order valence-corrected chi connectivity index (χ0v) is 11.6. The van der Waals surface area contributed by atoms with Gasteiger partial charge in [-0.25, -0.2) is 0 Å². The first kappa shape index (κ1) is 12.6. The fraction of sp³-hybridized carbons (Fsp3) is 0.429. The van der Waals surface area contributed by atoms with Gasteiger partial charge in [0, 0.05) is 11.6 Å². The van der Waals surface area contributed by atoms with E-state index in [1.165, 1.54) is 0 Å². The Morgan fingerprint density at radius 2 is 2.11 bits per heavy atom. The molecule has 0 aromatic heterocycles. The summed E-state index contributed by atoms with van der Waals surface area (Å²) >= 11 is 5.89. The fourth-order valence-corrected chi connectivity index (χ4v) is 2.53. The predicted octanol–water partition coefficient (Wildman–Crippen LogP) is 2.13. The Labute approximate surface area is 116 Å². The average molecular weight is 279 g/mol. The number of epoxide rings is 1. The van der Waals surface area contributed by atoms with Gasteiger partial charge in [0.25, 0.3) is 0 Å². The number of rotatable bonds is 3. The second-order valence-electron chi connectivity index (χ2n) is 5.16. The van der Waals surface area contributed by atoms with Crippen LogP contribution in [0.4, 0.5) is 0 Å². The van der Waals surface area contributed by atoms with E-state index in [0.717, 1.165) is 5.56 Å². The first-order valence-electron chi connectivity index (χ1n) is 6.31. The number of nitrogens with one attached hydrogen (secondary N) is 1. The third kappa shape index (κ3) is 2.05. The molecule has 3 rings (SSSR count). The molecule has 0 aliphatic carbocycles. The van der Waals surface area contributed by atoms with Crippen molar-refractivity contribution in [1.82, 2.24) is 5.43 Å². The number of hydrazone groups is 1. The third-order valence-electron chi connectivity index (χ3n) is 3.92. The first-order chi connectivity index (χ1) is 9.02. The largest absolute Gasteiger partial charge is 0.358 e. The van der Waals surface area contributed by atoms with Crippen molar-refractivity contribution in [2.45, 2.75) is 31.5 Å². The Hall–Kier alpha value is -1.39. The molecule has 1 aromatic carbocycles. The van der Waals surface area contributed by atoms with Crippen LogP contribution in [-0.2, 0) is 9.53 Å². The Kier molecular flexibility index (Phi) is 2.87. The van der Waals surface area contributed by atoms with Gasteiger partial charge in [0.05, 0.1) is 12.0 Å². The number of hydrogen-bond donors (Lipinski definition) is 1.